The zero-order valence-corrected chi connectivity index (χ0v) is 16.5. The molecule has 0 aliphatic carbocycles. The molecule has 0 aliphatic heterocycles. The minimum Gasteiger partial charge on any atom is -0.322 e. The molecule has 0 fully saturated rings. The van der Waals surface area contributed by atoms with E-state index in [-0.39, 0.29) is 18.2 Å². The largest absolute Gasteiger partial charge is 0.322 e. The van der Waals surface area contributed by atoms with E-state index in [4.69, 9.17) is 11.6 Å². The van der Waals surface area contributed by atoms with Gasteiger partial charge in [-0.25, -0.2) is 4.98 Å². The molecule has 138 valence electrons. The Morgan fingerprint density at radius 2 is 1.96 bits per heavy atom. The lowest BCUT2D eigenvalue weighted by atomic mass is 9.84. The third-order valence-electron chi connectivity index (χ3n) is 4.95. The molecule has 0 saturated carbocycles. The highest BCUT2D eigenvalue weighted by atomic mass is 35.5. The van der Waals surface area contributed by atoms with E-state index in [1.807, 2.05) is 61.7 Å². The van der Waals surface area contributed by atoms with Gasteiger partial charge in [0.2, 0.25) is 0 Å². The number of ketones is 1. The summed E-state index contributed by atoms with van der Waals surface area (Å²) in [5, 5.41) is 9.85. The molecule has 2 aromatic carbocycles. The molecule has 5 heteroatoms. The predicted octanol–water partition coefficient (Wildman–Crippen LogP) is 5.25. The van der Waals surface area contributed by atoms with E-state index in [0.717, 1.165) is 22.2 Å². The molecule has 1 heterocycles. The van der Waals surface area contributed by atoms with E-state index in [1.54, 1.807) is 12.4 Å². The normalized spacial score (nSPS) is 12.7. The summed E-state index contributed by atoms with van der Waals surface area (Å²) < 4.78 is 1.81. The van der Waals surface area contributed by atoms with Gasteiger partial charge in [0, 0.05) is 6.42 Å². The summed E-state index contributed by atoms with van der Waals surface area (Å²) in [5.41, 5.74) is 3.14. The Balaban J connectivity index is 1.70. The van der Waals surface area contributed by atoms with Crippen LogP contribution < -0.4 is 0 Å². The molecule has 1 aromatic heterocycles. The summed E-state index contributed by atoms with van der Waals surface area (Å²) in [6.45, 7) is 6.09. The van der Waals surface area contributed by atoms with Crippen LogP contribution in [-0.4, -0.2) is 15.3 Å². The molecule has 1 unspecified atom stereocenters. The topological polar surface area (TPSA) is 58.7 Å². The zero-order valence-electron chi connectivity index (χ0n) is 15.7. The Morgan fingerprint density at radius 1 is 1.26 bits per heavy atom. The number of carbonyl (C=O) groups excluding carboxylic acids is 1. The van der Waals surface area contributed by atoms with E-state index < -0.39 is 5.41 Å². The van der Waals surface area contributed by atoms with Gasteiger partial charge >= 0.3 is 0 Å². The maximum Gasteiger partial charge on any atom is 0.153 e. The Labute approximate surface area is 164 Å². The van der Waals surface area contributed by atoms with Crippen molar-refractivity contribution in [2.45, 2.75) is 45.1 Å². The number of aromatic nitrogens is 2. The molecule has 3 aromatic rings. The molecule has 3 rings (SSSR count). The highest BCUT2D eigenvalue weighted by Gasteiger charge is 2.20. The zero-order chi connectivity index (χ0) is 19.6. The van der Waals surface area contributed by atoms with Crippen LogP contribution in [0.4, 0.5) is 0 Å². The highest BCUT2D eigenvalue weighted by Crippen LogP contribution is 2.27. The van der Waals surface area contributed by atoms with Crippen LogP contribution >= 0.6 is 11.6 Å². The molecular formula is C22H22ClN3O. The average molecular weight is 380 g/mol. The Hall–Kier alpha value is -2.64. The summed E-state index contributed by atoms with van der Waals surface area (Å²) in [7, 11) is 0. The van der Waals surface area contributed by atoms with Gasteiger partial charge in [-0.1, -0.05) is 48.9 Å². The molecule has 27 heavy (non-hydrogen) atoms. The van der Waals surface area contributed by atoms with Crippen molar-refractivity contribution >= 4 is 28.4 Å². The fourth-order valence-electron chi connectivity index (χ4n) is 3.21. The van der Waals surface area contributed by atoms with Crippen LogP contribution in [0.25, 0.3) is 11.0 Å². The van der Waals surface area contributed by atoms with E-state index in [2.05, 4.69) is 11.1 Å². The van der Waals surface area contributed by atoms with Gasteiger partial charge < -0.3 is 4.57 Å². The molecule has 4 nitrogen and oxygen atoms in total. The SMILES string of the molecule is CC(CC(=O)Cn1cnc2cccc(Cl)c21)c1ccc(C(C)(C)C#N)cc1. The van der Waals surface area contributed by atoms with Crippen LogP contribution in [0.15, 0.2) is 48.8 Å². The van der Waals surface area contributed by atoms with Crippen molar-refractivity contribution in [1.82, 2.24) is 9.55 Å². The number of benzene rings is 2. The fraction of sp³-hybridized carbons (Fsp3) is 0.318. The number of imidazole rings is 1. The molecule has 0 bridgehead atoms. The van der Waals surface area contributed by atoms with E-state index >= 15 is 0 Å². The number of nitrogens with zero attached hydrogens (tertiary/aromatic N) is 3. The summed E-state index contributed by atoms with van der Waals surface area (Å²) >= 11 is 6.26. The monoisotopic (exact) mass is 379 g/mol. The molecule has 0 saturated heterocycles. The first-order chi connectivity index (χ1) is 12.8. The number of rotatable bonds is 6. The minimum atomic E-state index is -0.515. The molecule has 1 atom stereocenters. The van der Waals surface area contributed by atoms with Gasteiger partial charge in [-0.2, -0.15) is 5.26 Å². The smallest absolute Gasteiger partial charge is 0.153 e. The number of fused-ring (bicyclic) bond motifs is 1. The van der Waals surface area contributed by atoms with Gasteiger partial charge in [0.05, 0.1) is 40.4 Å². The summed E-state index contributed by atoms with van der Waals surface area (Å²) in [5.74, 6) is 0.227. The van der Waals surface area contributed by atoms with Crippen LogP contribution in [0.2, 0.25) is 5.02 Å². The molecule has 0 spiro atoms. The quantitative estimate of drug-likeness (QED) is 0.587. The lowest BCUT2D eigenvalue weighted by Gasteiger charge is -2.17. The summed E-state index contributed by atoms with van der Waals surface area (Å²) in [6, 6.07) is 15.8. The maximum absolute atomic E-state index is 12.6. The number of hydrogen-bond acceptors (Lipinski definition) is 3. The lowest BCUT2D eigenvalue weighted by molar-refractivity contribution is -0.119. The second kappa shape index (κ2) is 7.54. The van der Waals surface area contributed by atoms with Crippen LogP contribution in [0.5, 0.6) is 0 Å². The van der Waals surface area contributed by atoms with Crippen molar-refractivity contribution < 1.29 is 4.79 Å². The van der Waals surface area contributed by atoms with Gasteiger partial charge in [0.25, 0.3) is 0 Å². The molecule has 0 N–H and O–H groups in total. The minimum absolute atomic E-state index is 0.0991. The lowest BCUT2D eigenvalue weighted by Crippen LogP contribution is -2.14. The van der Waals surface area contributed by atoms with Gasteiger partial charge in [-0.3, -0.25) is 4.79 Å². The number of Topliss-reactive ketones (excluding diaryl/α,β-unsaturated/α-hetero) is 1. The van der Waals surface area contributed by atoms with Crippen LogP contribution in [0.3, 0.4) is 0 Å². The number of halogens is 1. The first-order valence-corrected chi connectivity index (χ1v) is 9.32. The van der Waals surface area contributed by atoms with Crippen LogP contribution in [-0.2, 0) is 16.8 Å². The fourth-order valence-corrected chi connectivity index (χ4v) is 3.49. The second-order valence-electron chi connectivity index (χ2n) is 7.48. The van der Waals surface area contributed by atoms with Crippen molar-refractivity contribution in [3.05, 3.63) is 64.9 Å². The van der Waals surface area contributed by atoms with Crippen molar-refractivity contribution in [3.63, 3.8) is 0 Å². The van der Waals surface area contributed by atoms with Crippen molar-refractivity contribution in [2.24, 2.45) is 0 Å². The predicted molar refractivity (Wildman–Crippen MR) is 108 cm³/mol. The number of nitriles is 1. The van der Waals surface area contributed by atoms with Gasteiger partial charge in [-0.05, 0) is 43.0 Å². The third-order valence-corrected chi connectivity index (χ3v) is 5.26. The third kappa shape index (κ3) is 4.04. The van der Waals surface area contributed by atoms with Crippen LogP contribution in [0, 0.1) is 11.3 Å². The molecular weight excluding hydrogens is 358 g/mol. The summed E-state index contributed by atoms with van der Waals surface area (Å²) in [4.78, 5) is 16.9. The first-order valence-electron chi connectivity index (χ1n) is 8.94. The first kappa shape index (κ1) is 19.1. The van der Waals surface area contributed by atoms with Crippen molar-refractivity contribution in [1.29, 1.82) is 5.26 Å². The number of para-hydroxylation sites is 1. The molecule has 0 amide bonds. The van der Waals surface area contributed by atoms with Crippen molar-refractivity contribution in [2.75, 3.05) is 0 Å². The Morgan fingerprint density at radius 3 is 2.63 bits per heavy atom. The number of carbonyl (C=O) groups is 1. The highest BCUT2D eigenvalue weighted by molar-refractivity contribution is 6.35. The van der Waals surface area contributed by atoms with E-state index in [0.29, 0.717) is 11.4 Å². The average Bonchev–Trinajstić information content (AvgIpc) is 3.05. The van der Waals surface area contributed by atoms with Crippen LogP contribution in [0.1, 0.15) is 44.2 Å². The second-order valence-corrected chi connectivity index (χ2v) is 7.89. The van der Waals surface area contributed by atoms with Crippen molar-refractivity contribution in [3.8, 4) is 6.07 Å². The number of hydrogen-bond donors (Lipinski definition) is 0. The summed E-state index contributed by atoms with van der Waals surface area (Å²) in [6.07, 6.45) is 2.10. The van der Waals surface area contributed by atoms with Gasteiger partial charge in [-0.15, -0.1) is 0 Å². The maximum atomic E-state index is 12.6. The standard InChI is InChI=1S/C22H22ClN3O/c1-15(16-7-9-17(10-8-16)22(2,3)13-24)11-18(27)12-26-14-25-20-6-4-5-19(23)21(20)26/h4-10,14-15H,11-12H2,1-3H3. The Kier molecular flexibility index (Phi) is 5.34. The molecule has 0 radical (unpaired) electrons. The van der Waals surface area contributed by atoms with Gasteiger partial charge in [0.1, 0.15) is 0 Å². The van der Waals surface area contributed by atoms with Gasteiger partial charge in [0.15, 0.2) is 5.78 Å². The van der Waals surface area contributed by atoms with E-state index in [1.165, 1.54) is 0 Å². The molecule has 0 aliphatic rings. The van der Waals surface area contributed by atoms with E-state index in [9.17, 15) is 10.1 Å². The Bertz CT molecular complexity index is 1010.